The molecule has 0 radical (unpaired) electrons. The largest absolute Gasteiger partial charge is 0.453 e. The van der Waals surface area contributed by atoms with Crippen LogP contribution in [0.15, 0.2) is 47.5 Å². The first-order valence-electron chi connectivity index (χ1n) is 7.81. The monoisotopic (exact) mass is 418 g/mol. The summed E-state index contributed by atoms with van der Waals surface area (Å²) in [4.78, 5) is 7.83. The van der Waals surface area contributed by atoms with E-state index in [4.69, 9.17) is 0 Å². The van der Waals surface area contributed by atoms with Crippen molar-refractivity contribution in [3.8, 4) is 17.2 Å². The molecule has 0 spiro atoms. The van der Waals surface area contributed by atoms with Gasteiger partial charge in [0.2, 0.25) is 0 Å². The third-order valence-electron chi connectivity index (χ3n) is 3.56. The molecule has 3 rings (SSSR count). The van der Waals surface area contributed by atoms with Crippen LogP contribution >= 0.6 is 11.8 Å². The molecule has 0 bridgehead atoms. The second-order valence-corrected chi connectivity index (χ2v) is 6.76. The minimum Gasteiger partial charge on any atom is -0.237 e. The number of aromatic nitrogens is 4. The zero-order valence-electron chi connectivity index (χ0n) is 14.2. The second kappa shape index (κ2) is 7.46. The topological polar surface area (TPSA) is 43.6 Å². The Bertz CT molecular complexity index is 966. The van der Waals surface area contributed by atoms with Crippen molar-refractivity contribution in [2.45, 2.75) is 24.2 Å². The number of benzene rings is 1. The van der Waals surface area contributed by atoms with E-state index >= 15 is 0 Å². The standard InChI is InChI=1S/C17H12F6N4S/c1-10-5-6-11(8-12(10)28-9-16(18,19)20)14-25-15(17(21,22)23)26-27(14)13-4-2-3-7-24-13/h2-8H,9H2,1H3. The highest BCUT2D eigenvalue weighted by molar-refractivity contribution is 7.99. The maximum absolute atomic E-state index is 13.1. The van der Waals surface area contributed by atoms with Crippen LogP contribution < -0.4 is 0 Å². The lowest BCUT2D eigenvalue weighted by Crippen LogP contribution is -2.10. The first kappa shape index (κ1) is 20.2. The number of thioether (sulfide) groups is 1. The minimum atomic E-state index is -4.78. The van der Waals surface area contributed by atoms with Crippen LogP contribution in [0.3, 0.4) is 0 Å². The Kier molecular flexibility index (Phi) is 5.37. The third-order valence-corrected chi connectivity index (χ3v) is 4.79. The van der Waals surface area contributed by atoms with Gasteiger partial charge in [-0.05, 0) is 30.7 Å². The summed E-state index contributed by atoms with van der Waals surface area (Å²) in [6.07, 6.45) is -7.77. The van der Waals surface area contributed by atoms with Crippen LogP contribution in [0.5, 0.6) is 0 Å². The predicted molar refractivity (Wildman–Crippen MR) is 91.1 cm³/mol. The Labute approximate surface area is 159 Å². The van der Waals surface area contributed by atoms with Crippen LogP contribution in [0.4, 0.5) is 26.3 Å². The molecule has 0 amide bonds. The van der Waals surface area contributed by atoms with Gasteiger partial charge in [0, 0.05) is 16.7 Å². The maximum atomic E-state index is 13.1. The van der Waals surface area contributed by atoms with Crippen LogP contribution in [-0.4, -0.2) is 31.7 Å². The van der Waals surface area contributed by atoms with Gasteiger partial charge in [0.1, 0.15) is 0 Å². The van der Waals surface area contributed by atoms with E-state index in [1.54, 1.807) is 19.1 Å². The second-order valence-electron chi connectivity index (χ2n) is 5.74. The smallest absolute Gasteiger partial charge is 0.237 e. The van der Waals surface area contributed by atoms with Crippen molar-refractivity contribution in [2.24, 2.45) is 0 Å². The molecule has 0 N–H and O–H groups in total. The molecule has 11 heteroatoms. The zero-order chi connectivity index (χ0) is 20.5. The van der Waals surface area contributed by atoms with Crippen LogP contribution in [0.2, 0.25) is 0 Å². The van der Waals surface area contributed by atoms with Crippen LogP contribution in [0.1, 0.15) is 11.4 Å². The molecule has 0 saturated carbocycles. The van der Waals surface area contributed by atoms with E-state index in [0.29, 0.717) is 22.2 Å². The number of halogens is 6. The molecule has 0 unspecified atom stereocenters. The molecule has 148 valence electrons. The molecule has 2 aromatic heterocycles. The van der Waals surface area contributed by atoms with Gasteiger partial charge in [0.25, 0.3) is 5.82 Å². The van der Waals surface area contributed by atoms with E-state index in [9.17, 15) is 26.3 Å². The average molecular weight is 418 g/mol. The molecule has 1 aromatic carbocycles. The Hall–Kier alpha value is -2.56. The van der Waals surface area contributed by atoms with Gasteiger partial charge in [-0.2, -0.15) is 31.0 Å². The number of pyridine rings is 1. The van der Waals surface area contributed by atoms with Crippen LogP contribution in [0, 0.1) is 6.92 Å². The van der Waals surface area contributed by atoms with Gasteiger partial charge in [-0.1, -0.05) is 18.2 Å². The highest BCUT2D eigenvalue weighted by atomic mass is 32.2. The summed E-state index contributed by atoms with van der Waals surface area (Å²) in [5, 5.41) is 3.50. The van der Waals surface area contributed by atoms with E-state index < -0.39 is 23.9 Å². The average Bonchev–Trinajstić information content (AvgIpc) is 3.07. The van der Waals surface area contributed by atoms with Gasteiger partial charge < -0.3 is 0 Å². The minimum absolute atomic E-state index is 0.102. The predicted octanol–water partition coefficient (Wildman–Crippen LogP) is 5.31. The molecule has 28 heavy (non-hydrogen) atoms. The molecule has 4 nitrogen and oxygen atoms in total. The van der Waals surface area contributed by atoms with Crippen molar-refractivity contribution in [2.75, 3.05) is 5.75 Å². The van der Waals surface area contributed by atoms with Crippen molar-refractivity contribution >= 4 is 11.8 Å². The van der Waals surface area contributed by atoms with Crippen LogP contribution in [-0.2, 0) is 6.18 Å². The normalized spacial score (nSPS) is 12.4. The molecule has 3 aromatic rings. The Morgan fingerprint density at radius 2 is 1.79 bits per heavy atom. The Balaban J connectivity index is 2.09. The van der Waals surface area contributed by atoms with Gasteiger partial charge in [0.15, 0.2) is 11.6 Å². The highest BCUT2D eigenvalue weighted by Gasteiger charge is 2.37. The fraction of sp³-hybridized carbons (Fsp3) is 0.235. The summed E-state index contributed by atoms with van der Waals surface area (Å²) in [5.41, 5.74) is 0.766. The van der Waals surface area contributed by atoms with Crippen LogP contribution in [0.25, 0.3) is 17.2 Å². The first-order valence-corrected chi connectivity index (χ1v) is 8.79. The third kappa shape index (κ3) is 4.64. The zero-order valence-corrected chi connectivity index (χ0v) is 15.0. The molecule has 0 aliphatic rings. The van der Waals surface area contributed by atoms with Gasteiger partial charge in [-0.15, -0.1) is 16.9 Å². The lowest BCUT2D eigenvalue weighted by atomic mass is 10.1. The van der Waals surface area contributed by atoms with Crippen molar-refractivity contribution < 1.29 is 26.3 Å². The fourth-order valence-electron chi connectivity index (χ4n) is 2.31. The van der Waals surface area contributed by atoms with Gasteiger partial charge in [-0.25, -0.2) is 9.97 Å². The molecular formula is C17H12F6N4S. The lowest BCUT2D eigenvalue weighted by molar-refractivity contribution is -0.144. The van der Waals surface area contributed by atoms with Gasteiger partial charge >= 0.3 is 12.4 Å². The number of rotatable bonds is 4. The van der Waals surface area contributed by atoms with Crippen molar-refractivity contribution in [3.63, 3.8) is 0 Å². The summed E-state index contributed by atoms with van der Waals surface area (Å²) < 4.78 is 77.9. The Morgan fingerprint density at radius 1 is 1.04 bits per heavy atom. The summed E-state index contributed by atoms with van der Waals surface area (Å²) in [7, 11) is 0. The van der Waals surface area contributed by atoms with Crippen molar-refractivity contribution in [1.82, 2.24) is 19.7 Å². The van der Waals surface area contributed by atoms with E-state index in [-0.39, 0.29) is 17.2 Å². The molecule has 2 heterocycles. The van der Waals surface area contributed by atoms with E-state index in [2.05, 4.69) is 15.1 Å². The molecule has 0 aliphatic heterocycles. The molecule has 0 aliphatic carbocycles. The SMILES string of the molecule is Cc1ccc(-c2nc(C(F)(F)F)nn2-c2ccccn2)cc1SCC(F)(F)F. The van der Waals surface area contributed by atoms with E-state index in [1.807, 2.05) is 0 Å². The van der Waals surface area contributed by atoms with E-state index in [1.165, 1.54) is 30.5 Å². The molecule has 0 saturated heterocycles. The molecule has 0 fully saturated rings. The quantitative estimate of drug-likeness (QED) is 0.425. The number of hydrogen-bond donors (Lipinski definition) is 0. The Morgan fingerprint density at radius 3 is 2.39 bits per heavy atom. The lowest BCUT2D eigenvalue weighted by Gasteiger charge is -2.11. The number of aryl methyl sites for hydroxylation is 1. The summed E-state index contributed by atoms with van der Waals surface area (Å²) in [6, 6.07) is 8.99. The summed E-state index contributed by atoms with van der Waals surface area (Å²) in [6.45, 7) is 1.62. The van der Waals surface area contributed by atoms with Gasteiger partial charge in [-0.3, -0.25) is 0 Å². The highest BCUT2D eigenvalue weighted by Crippen LogP contribution is 2.34. The van der Waals surface area contributed by atoms with Gasteiger partial charge in [0.05, 0.1) is 5.75 Å². The molecule has 0 atom stereocenters. The maximum Gasteiger partial charge on any atom is 0.453 e. The summed E-state index contributed by atoms with van der Waals surface area (Å²) in [5.74, 6) is -2.54. The van der Waals surface area contributed by atoms with Crippen molar-refractivity contribution in [1.29, 1.82) is 0 Å². The fourth-order valence-corrected chi connectivity index (χ4v) is 3.14. The number of hydrogen-bond acceptors (Lipinski definition) is 4. The number of nitrogens with zero attached hydrogens (tertiary/aromatic N) is 4. The molecular weight excluding hydrogens is 406 g/mol. The first-order chi connectivity index (χ1) is 13.0. The summed E-state index contributed by atoms with van der Waals surface area (Å²) >= 11 is 0.557. The van der Waals surface area contributed by atoms with E-state index in [0.717, 1.165) is 4.68 Å². The van der Waals surface area contributed by atoms with Crippen molar-refractivity contribution in [3.05, 3.63) is 54.0 Å². The number of alkyl halides is 6.